The van der Waals surface area contributed by atoms with Gasteiger partial charge in [0.05, 0.1) is 46.8 Å². The molecule has 0 bridgehead atoms. The number of benzene rings is 1. The molecule has 0 saturated heterocycles. The maximum Gasteiger partial charge on any atom is 0.262 e. The van der Waals surface area contributed by atoms with Crippen LogP contribution in [0.15, 0.2) is 39.4 Å². The number of nitrogens with zero attached hydrogens (tertiary/aromatic N) is 4. The van der Waals surface area contributed by atoms with E-state index >= 15 is 0 Å². The summed E-state index contributed by atoms with van der Waals surface area (Å²) in [5, 5.41) is 1.73. The molecule has 0 aliphatic rings. The van der Waals surface area contributed by atoms with E-state index in [0.29, 0.717) is 43.2 Å². The van der Waals surface area contributed by atoms with E-state index in [9.17, 15) is 4.79 Å². The van der Waals surface area contributed by atoms with E-state index in [1.165, 1.54) is 28.9 Å². The molecule has 0 aliphatic carbocycles. The highest BCUT2D eigenvalue weighted by atomic mass is 35.5. The van der Waals surface area contributed by atoms with Gasteiger partial charge in [0.2, 0.25) is 0 Å². The highest BCUT2D eigenvalue weighted by Crippen LogP contribution is 2.36. The van der Waals surface area contributed by atoms with Crippen molar-refractivity contribution in [1.82, 2.24) is 19.5 Å². The average Bonchev–Trinajstić information content (AvgIpc) is 2.61. The lowest BCUT2D eigenvalue weighted by atomic mass is 10.2. The molecule has 0 radical (unpaired) electrons. The number of rotatable bonds is 5. The van der Waals surface area contributed by atoms with Crippen LogP contribution in [0.5, 0.6) is 0 Å². The third kappa shape index (κ3) is 3.86. The summed E-state index contributed by atoms with van der Waals surface area (Å²) in [6.45, 7) is 4.09. The lowest BCUT2D eigenvalue weighted by Crippen LogP contribution is -2.26. The van der Waals surface area contributed by atoms with Gasteiger partial charge < -0.3 is 4.74 Å². The summed E-state index contributed by atoms with van der Waals surface area (Å²) >= 11 is 13.7. The predicted molar refractivity (Wildman–Crippen MR) is 103 cm³/mol. The fourth-order valence-corrected chi connectivity index (χ4v) is 3.76. The van der Waals surface area contributed by atoms with Crippen molar-refractivity contribution in [2.45, 2.75) is 36.4 Å². The van der Waals surface area contributed by atoms with Crippen LogP contribution in [0.25, 0.3) is 10.9 Å². The Morgan fingerprint density at radius 1 is 1.31 bits per heavy atom. The first kappa shape index (κ1) is 19.1. The maximum absolute atomic E-state index is 12.8. The first-order valence-corrected chi connectivity index (χ1v) is 9.35. The van der Waals surface area contributed by atoms with Crippen LogP contribution in [-0.2, 0) is 11.3 Å². The summed E-state index contributed by atoms with van der Waals surface area (Å²) in [4.78, 5) is 26.3. The van der Waals surface area contributed by atoms with Gasteiger partial charge in [0.1, 0.15) is 10.2 Å². The van der Waals surface area contributed by atoms with Crippen LogP contribution in [-0.4, -0.2) is 32.7 Å². The molecule has 2 aromatic heterocycles. The van der Waals surface area contributed by atoms with Gasteiger partial charge in [0, 0.05) is 12.0 Å². The second-order valence-corrected chi connectivity index (χ2v) is 7.50. The summed E-state index contributed by atoms with van der Waals surface area (Å²) in [7, 11) is 1.60. The van der Waals surface area contributed by atoms with Crippen LogP contribution in [0, 0.1) is 6.92 Å². The molecule has 136 valence electrons. The summed E-state index contributed by atoms with van der Waals surface area (Å²) in [6.07, 6.45) is 2.88. The largest absolute Gasteiger partial charge is 0.380 e. The Bertz CT molecular complexity index is 1030. The van der Waals surface area contributed by atoms with Crippen molar-refractivity contribution in [3.8, 4) is 0 Å². The zero-order chi connectivity index (χ0) is 18.8. The Hall–Kier alpha value is -1.67. The van der Waals surface area contributed by atoms with Crippen LogP contribution < -0.4 is 5.56 Å². The van der Waals surface area contributed by atoms with E-state index < -0.39 is 0 Å². The third-order valence-corrected chi connectivity index (χ3v) is 5.67. The molecule has 26 heavy (non-hydrogen) atoms. The zero-order valence-electron chi connectivity index (χ0n) is 14.4. The van der Waals surface area contributed by atoms with Gasteiger partial charge in [-0.05, 0) is 26.0 Å². The van der Waals surface area contributed by atoms with Gasteiger partial charge in [-0.15, -0.1) is 0 Å². The molecule has 9 heteroatoms. The van der Waals surface area contributed by atoms with Crippen molar-refractivity contribution in [3.05, 3.63) is 50.9 Å². The molecule has 3 rings (SSSR count). The highest BCUT2D eigenvalue weighted by Gasteiger charge is 2.15. The number of hydrogen-bond acceptors (Lipinski definition) is 6. The SMILES string of the molecule is COC(C)Cn1cnc2ccc(Sc3ncc(Cl)nc3C)c(Cl)c2c1=O. The number of aryl methyl sites for hydroxylation is 1. The molecule has 0 amide bonds. The van der Waals surface area contributed by atoms with Gasteiger partial charge >= 0.3 is 0 Å². The van der Waals surface area contributed by atoms with Gasteiger partial charge in [-0.25, -0.2) is 15.0 Å². The zero-order valence-corrected chi connectivity index (χ0v) is 16.7. The Morgan fingerprint density at radius 3 is 2.77 bits per heavy atom. The van der Waals surface area contributed by atoms with E-state index in [-0.39, 0.29) is 11.7 Å². The summed E-state index contributed by atoms with van der Waals surface area (Å²) in [5.41, 5.74) is 1.03. The summed E-state index contributed by atoms with van der Waals surface area (Å²) in [6, 6.07) is 3.59. The molecule has 0 saturated carbocycles. The van der Waals surface area contributed by atoms with E-state index in [2.05, 4.69) is 15.0 Å². The Morgan fingerprint density at radius 2 is 2.08 bits per heavy atom. The lowest BCUT2D eigenvalue weighted by molar-refractivity contribution is 0.102. The highest BCUT2D eigenvalue weighted by molar-refractivity contribution is 7.99. The standard InChI is InChI=1S/C17H16Cl2N4O2S/c1-9(25-3)7-23-8-21-11-4-5-12(15(19)14(11)17(23)24)26-16-10(2)22-13(18)6-20-16/h4-6,8-9H,7H2,1-3H3. The van der Waals surface area contributed by atoms with Crippen molar-refractivity contribution < 1.29 is 4.74 Å². The minimum atomic E-state index is -0.203. The second-order valence-electron chi connectivity index (χ2n) is 5.71. The van der Waals surface area contributed by atoms with E-state index in [0.717, 1.165) is 0 Å². The predicted octanol–water partition coefficient (Wildman–Crippen LogP) is 3.99. The van der Waals surface area contributed by atoms with Gasteiger partial charge in [-0.2, -0.15) is 0 Å². The van der Waals surface area contributed by atoms with Crippen LogP contribution in [0.4, 0.5) is 0 Å². The van der Waals surface area contributed by atoms with Crippen molar-refractivity contribution in [1.29, 1.82) is 0 Å². The Kier molecular flexibility index (Phi) is 5.82. The Labute approximate surface area is 164 Å². The molecule has 0 fully saturated rings. The molecule has 0 N–H and O–H groups in total. The number of ether oxygens (including phenoxy) is 1. The van der Waals surface area contributed by atoms with Crippen molar-refractivity contribution in [3.63, 3.8) is 0 Å². The van der Waals surface area contributed by atoms with Gasteiger partial charge in [-0.3, -0.25) is 9.36 Å². The summed E-state index contributed by atoms with van der Waals surface area (Å²) in [5.74, 6) is 0. The summed E-state index contributed by atoms with van der Waals surface area (Å²) < 4.78 is 6.73. The molecular formula is C17H16Cl2N4O2S. The fourth-order valence-electron chi connectivity index (χ4n) is 2.39. The van der Waals surface area contributed by atoms with E-state index in [1.54, 1.807) is 13.2 Å². The first-order valence-electron chi connectivity index (χ1n) is 7.78. The molecule has 2 heterocycles. The smallest absolute Gasteiger partial charge is 0.262 e. The average molecular weight is 411 g/mol. The molecule has 0 spiro atoms. The number of hydrogen-bond donors (Lipinski definition) is 0. The van der Waals surface area contributed by atoms with Crippen LogP contribution in [0.2, 0.25) is 10.2 Å². The minimum Gasteiger partial charge on any atom is -0.380 e. The van der Waals surface area contributed by atoms with Crippen LogP contribution >= 0.6 is 35.0 Å². The van der Waals surface area contributed by atoms with Gasteiger partial charge in [0.25, 0.3) is 5.56 Å². The topological polar surface area (TPSA) is 69.9 Å². The molecule has 0 aliphatic heterocycles. The van der Waals surface area contributed by atoms with Crippen molar-refractivity contribution >= 4 is 45.9 Å². The molecule has 1 aromatic carbocycles. The van der Waals surface area contributed by atoms with Crippen molar-refractivity contribution in [2.75, 3.05) is 7.11 Å². The Balaban J connectivity index is 2.06. The third-order valence-electron chi connectivity index (χ3n) is 3.83. The lowest BCUT2D eigenvalue weighted by Gasteiger charge is -2.13. The van der Waals surface area contributed by atoms with Gasteiger partial charge in [0.15, 0.2) is 0 Å². The molecule has 6 nitrogen and oxygen atoms in total. The minimum absolute atomic E-state index is 0.115. The number of aromatic nitrogens is 4. The van der Waals surface area contributed by atoms with Gasteiger partial charge in [-0.1, -0.05) is 35.0 Å². The first-order chi connectivity index (χ1) is 12.4. The fraction of sp³-hybridized carbons (Fsp3) is 0.294. The van der Waals surface area contributed by atoms with Crippen LogP contribution in [0.3, 0.4) is 0 Å². The maximum atomic E-state index is 12.8. The number of halogens is 2. The quantitative estimate of drug-likeness (QED) is 0.633. The molecule has 3 aromatic rings. The van der Waals surface area contributed by atoms with E-state index in [1.807, 2.05) is 19.9 Å². The number of methoxy groups -OCH3 is 1. The number of fused-ring (bicyclic) bond motifs is 1. The second kappa shape index (κ2) is 7.92. The monoisotopic (exact) mass is 410 g/mol. The van der Waals surface area contributed by atoms with E-state index in [4.69, 9.17) is 27.9 Å². The molecular weight excluding hydrogens is 395 g/mol. The normalized spacial score (nSPS) is 12.5. The molecule has 1 atom stereocenters. The van der Waals surface area contributed by atoms with Crippen LogP contribution in [0.1, 0.15) is 12.6 Å². The molecule has 1 unspecified atom stereocenters. The van der Waals surface area contributed by atoms with Crippen molar-refractivity contribution in [2.24, 2.45) is 0 Å².